The predicted octanol–water partition coefficient (Wildman–Crippen LogP) is 1.50. The first-order valence-electron chi connectivity index (χ1n) is 10.6. The van der Waals surface area contributed by atoms with E-state index in [4.69, 9.17) is 16.3 Å². The van der Waals surface area contributed by atoms with E-state index in [1.807, 2.05) is 0 Å². The van der Waals surface area contributed by atoms with E-state index in [9.17, 15) is 6.48 Å². The lowest BCUT2D eigenvalue weighted by molar-refractivity contribution is -0.0453. The third kappa shape index (κ3) is 1.28. The van der Waals surface area contributed by atoms with Crippen molar-refractivity contribution in [1.29, 1.82) is 0 Å². The third-order valence-electron chi connectivity index (χ3n) is 5.62. The summed E-state index contributed by atoms with van der Waals surface area (Å²) < 4.78 is 61.6. The van der Waals surface area contributed by atoms with Gasteiger partial charge in [0.25, 0.3) is 0 Å². The van der Waals surface area contributed by atoms with Gasteiger partial charge in [-0.05, 0) is 38.0 Å². The molecule has 1 aromatic carbocycles. The van der Waals surface area contributed by atoms with Gasteiger partial charge in [0.15, 0.2) is 11.5 Å². The molecule has 0 saturated carbocycles. The number of rotatable bonds is 1. The smallest absolute Gasteiger partial charge is 0.165 e. The fourth-order valence-electron chi connectivity index (χ4n) is 4.73. The van der Waals surface area contributed by atoms with E-state index < -0.39 is 36.5 Å². The standard InChI is InChI=1S/C18H21NO3/c1-19-8-7-18-11-4-5-13(20)17(18)22-16-14(21-2)6-3-10(15(16)18)9-12(11)19/h3-6,11-13,17,20H,7-9H2,1-2H3/t11-,12+,13?,17?,18-/m0/s1/i1D3,3D,6D,11D. The zero-order valence-corrected chi connectivity index (χ0v) is 12.2. The summed E-state index contributed by atoms with van der Waals surface area (Å²) in [6.07, 6.45) is 1.85. The lowest BCUT2D eigenvalue weighted by Crippen LogP contribution is -2.64. The van der Waals surface area contributed by atoms with Crippen molar-refractivity contribution < 1.29 is 22.8 Å². The van der Waals surface area contributed by atoms with Crippen molar-refractivity contribution in [3.8, 4) is 11.5 Å². The maximum Gasteiger partial charge on any atom is 0.165 e. The van der Waals surface area contributed by atoms with Crippen LogP contribution in [0.5, 0.6) is 11.5 Å². The summed E-state index contributed by atoms with van der Waals surface area (Å²) in [6, 6.07) is -0.855. The molecule has 4 nitrogen and oxygen atoms in total. The molecule has 4 heteroatoms. The molecule has 1 N–H and O–H groups in total. The molecular weight excluding hydrogens is 278 g/mol. The number of likely N-dealkylation sites (tertiary alicyclic amines) is 1. The van der Waals surface area contributed by atoms with Crippen LogP contribution in [0.1, 0.15) is 25.8 Å². The van der Waals surface area contributed by atoms with Crippen molar-refractivity contribution in [3.05, 3.63) is 35.4 Å². The van der Waals surface area contributed by atoms with Crippen LogP contribution in [-0.4, -0.2) is 48.9 Å². The van der Waals surface area contributed by atoms with Crippen LogP contribution in [0.2, 0.25) is 0 Å². The average Bonchev–Trinajstić information content (AvgIpc) is 2.94. The highest BCUT2D eigenvalue weighted by molar-refractivity contribution is 5.62. The Hall–Kier alpha value is -1.52. The van der Waals surface area contributed by atoms with Gasteiger partial charge in [0.05, 0.1) is 9.85 Å². The quantitative estimate of drug-likeness (QED) is 0.799. The van der Waals surface area contributed by atoms with Gasteiger partial charge in [-0.25, -0.2) is 0 Å². The van der Waals surface area contributed by atoms with Crippen LogP contribution in [-0.2, 0) is 11.8 Å². The number of methoxy groups -OCH3 is 1. The fraction of sp³-hybridized carbons (Fsp3) is 0.556. The summed E-state index contributed by atoms with van der Waals surface area (Å²) in [5.74, 6) is -0.870. The van der Waals surface area contributed by atoms with E-state index in [1.54, 1.807) is 6.08 Å². The molecule has 0 aromatic heterocycles. The Morgan fingerprint density at radius 2 is 2.45 bits per heavy atom. The normalized spacial score (nSPS) is 48.9. The fourth-order valence-corrected chi connectivity index (χ4v) is 4.73. The van der Waals surface area contributed by atoms with Crippen molar-refractivity contribution in [2.75, 3.05) is 20.6 Å². The summed E-state index contributed by atoms with van der Waals surface area (Å²) >= 11 is 0. The first-order valence-corrected chi connectivity index (χ1v) is 7.59. The van der Waals surface area contributed by atoms with Gasteiger partial charge in [0.1, 0.15) is 12.2 Å². The van der Waals surface area contributed by atoms with Gasteiger partial charge in [0.2, 0.25) is 0 Å². The minimum Gasteiger partial charge on any atom is -0.493 e. The molecule has 2 unspecified atom stereocenters. The molecule has 22 heavy (non-hydrogen) atoms. The van der Waals surface area contributed by atoms with Gasteiger partial charge in [-0.3, -0.25) is 0 Å². The molecule has 2 heterocycles. The number of aliphatic hydroxyl groups excluding tert-OH is 1. The maximum atomic E-state index is 10.7. The van der Waals surface area contributed by atoms with Crippen LogP contribution in [0.15, 0.2) is 24.2 Å². The molecule has 0 amide bonds. The molecule has 4 aliphatic rings. The molecule has 2 bridgehead atoms. The second-order valence-corrected chi connectivity index (χ2v) is 6.44. The highest BCUT2D eigenvalue weighted by Crippen LogP contribution is 2.62. The molecule has 1 saturated heterocycles. The molecule has 2 aliphatic carbocycles. The maximum absolute atomic E-state index is 10.7. The minimum absolute atomic E-state index is 0.0253. The SMILES string of the molecule is [2H]c1c([2H])c(OC)c2c3c1C[C@H]1N(C([2H])([2H])[2H])CC[C@@]34C(O2)C(O)C=C[C@@]14[2H]. The molecule has 5 rings (SSSR count). The van der Waals surface area contributed by atoms with E-state index in [0.29, 0.717) is 23.3 Å². The average molecular weight is 305 g/mol. The van der Waals surface area contributed by atoms with Crippen LogP contribution in [0.25, 0.3) is 0 Å². The minimum atomic E-state index is -2.38. The van der Waals surface area contributed by atoms with Gasteiger partial charge < -0.3 is 19.5 Å². The van der Waals surface area contributed by atoms with Crippen molar-refractivity contribution in [2.45, 2.75) is 36.5 Å². The number of benzene rings is 1. The largest absolute Gasteiger partial charge is 0.493 e. The highest BCUT2D eigenvalue weighted by Gasteiger charge is 2.64. The number of hydrogen-bond acceptors (Lipinski definition) is 4. The second-order valence-electron chi connectivity index (χ2n) is 6.44. The topological polar surface area (TPSA) is 41.9 Å². The van der Waals surface area contributed by atoms with Crippen LogP contribution in [0.3, 0.4) is 0 Å². The molecule has 5 atom stereocenters. The summed E-state index contributed by atoms with van der Waals surface area (Å²) in [7, 11) is 1.41. The number of likely N-dealkylation sites (N-methyl/N-ethyl adjacent to an activating group) is 1. The van der Waals surface area contributed by atoms with Crippen molar-refractivity contribution in [2.24, 2.45) is 5.89 Å². The van der Waals surface area contributed by atoms with Crippen molar-refractivity contribution in [3.63, 3.8) is 0 Å². The molecular formula is C18H21NO3. The number of aliphatic hydroxyl groups is 1. The Balaban J connectivity index is 1.86. The lowest BCUT2D eigenvalue weighted by atomic mass is 9.53. The summed E-state index contributed by atoms with van der Waals surface area (Å²) in [6.45, 7) is -2.14. The van der Waals surface area contributed by atoms with Crippen LogP contribution in [0.4, 0.5) is 0 Å². The Labute approximate surface area is 138 Å². The zero-order valence-electron chi connectivity index (χ0n) is 18.2. The Bertz CT molecular complexity index is 918. The van der Waals surface area contributed by atoms with E-state index in [2.05, 4.69) is 0 Å². The summed E-state index contributed by atoms with van der Waals surface area (Å²) in [5, 5.41) is 10.7. The molecule has 0 radical (unpaired) electrons. The number of hydrogen-bond donors (Lipinski definition) is 1. The monoisotopic (exact) mass is 305 g/mol. The van der Waals surface area contributed by atoms with Crippen LogP contribution >= 0.6 is 0 Å². The van der Waals surface area contributed by atoms with E-state index in [1.165, 1.54) is 18.1 Å². The highest BCUT2D eigenvalue weighted by atomic mass is 16.5. The van der Waals surface area contributed by atoms with Crippen molar-refractivity contribution in [1.82, 2.24) is 4.90 Å². The molecule has 116 valence electrons. The van der Waals surface area contributed by atoms with Gasteiger partial charge in [-0.1, -0.05) is 18.2 Å². The second kappa shape index (κ2) is 4.06. The van der Waals surface area contributed by atoms with Gasteiger partial charge in [-0.15, -0.1) is 0 Å². The van der Waals surface area contributed by atoms with E-state index in [-0.39, 0.29) is 30.8 Å². The van der Waals surface area contributed by atoms with E-state index >= 15 is 0 Å². The number of ether oxygens (including phenoxy) is 2. The summed E-state index contributed by atoms with van der Waals surface area (Å²) in [5.41, 5.74) is 0.204. The molecule has 1 spiro atoms. The Morgan fingerprint density at radius 1 is 1.55 bits per heavy atom. The van der Waals surface area contributed by atoms with Gasteiger partial charge in [0, 0.05) is 28.4 Å². The van der Waals surface area contributed by atoms with Crippen LogP contribution < -0.4 is 9.47 Å². The van der Waals surface area contributed by atoms with Crippen molar-refractivity contribution >= 4 is 0 Å². The first-order chi connectivity index (χ1) is 13.1. The number of nitrogens with zero attached hydrogens (tertiary/aromatic N) is 1. The van der Waals surface area contributed by atoms with Crippen LogP contribution in [0, 0.1) is 5.89 Å². The van der Waals surface area contributed by atoms with Gasteiger partial charge in [-0.2, -0.15) is 0 Å². The molecule has 1 aromatic rings. The zero-order chi connectivity index (χ0) is 20.2. The van der Waals surface area contributed by atoms with E-state index in [0.717, 1.165) is 0 Å². The molecule has 2 aliphatic heterocycles. The third-order valence-corrected chi connectivity index (χ3v) is 5.62. The lowest BCUT2D eigenvalue weighted by Gasteiger charge is -2.56. The Kier molecular flexibility index (Phi) is 1.54. The summed E-state index contributed by atoms with van der Waals surface area (Å²) in [4.78, 5) is 1.36. The van der Waals surface area contributed by atoms with Gasteiger partial charge >= 0.3 is 0 Å². The molecule has 1 fully saturated rings. The first kappa shape index (κ1) is 8.37. The predicted molar refractivity (Wildman–Crippen MR) is 82.5 cm³/mol. The number of piperidine rings is 1. The Morgan fingerprint density at radius 3 is 3.27 bits per heavy atom.